The molecule has 24 heavy (non-hydrogen) atoms. The highest BCUT2D eigenvalue weighted by Gasteiger charge is 2.47. The molecule has 0 saturated carbocycles. The van der Waals surface area contributed by atoms with E-state index in [1.165, 1.54) is 0 Å². The number of nitrogens with zero attached hydrogens (tertiary/aromatic N) is 5. The molecule has 2 aliphatic heterocycles. The zero-order valence-electron chi connectivity index (χ0n) is 13.4. The maximum atomic E-state index is 12.2. The zero-order chi connectivity index (χ0) is 16.7. The number of rotatable bonds is 3. The monoisotopic (exact) mass is 349 g/mol. The fourth-order valence-electron chi connectivity index (χ4n) is 3.60. The zero-order valence-corrected chi connectivity index (χ0v) is 14.2. The quantitative estimate of drug-likeness (QED) is 0.779. The minimum absolute atomic E-state index is 0.0791. The lowest BCUT2D eigenvalue weighted by atomic mass is 10.0. The second-order valence-electron chi connectivity index (χ2n) is 6.28. The van der Waals surface area contributed by atoms with E-state index in [-0.39, 0.29) is 23.6 Å². The van der Waals surface area contributed by atoms with Crippen molar-refractivity contribution in [1.82, 2.24) is 19.9 Å². The van der Waals surface area contributed by atoms with Crippen molar-refractivity contribution in [2.24, 2.45) is 0 Å². The number of aromatic nitrogens is 3. The van der Waals surface area contributed by atoms with Gasteiger partial charge in [-0.1, -0.05) is 0 Å². The van der Waals surface area contributed by atoms with Gasteiger partial charge in [-0.15, -0.1) is 0 Å². The molecule has 2 aromatic heterocycles. The molecule has 0 radical (unpaired) electrons. The number of anilines is 1. The van der Waals surface area contributed by atoms with Crippen LogP contribution in [0.4, 0.5) is 5.95 Å². The highest BCUT2D eigenvalue weighted by atomic mass is 32.2. The number of hydrogen-bond acceptors (Lipinski definition) is 8. The van der Waals surface area contributed by atoms with Crippen LogP contribution in [0.5, 0.6) is 0 Å². The molecule has 0 aliphatic carbocycles. The van der Waals surface area contributed by atoms with Crippen molar-refractivity contribution in [3.05, 3.63) is 36.3 Å². The van der Waals surface area contributed by atoms with Gasteiger partial charge in [0.1, 0.15) is 6.26 Å². The molecular formula is C15H19N5O3S. The molecular weight excluding hydrogens is 330 g/mol. The Morgan fingerprint density at radius 2 is 1.96 bits per heavy atom. The Balaban J connectivity index is 1.60. The highest BCUT2D eigenvalue weighted by molar-refractivity contribution is 7.91. The second-order valence-corrected chi connectivity index (χ2v) is 8.44. The maximum absolute atomic E-state index is 12.2. The average Bonchev–Trinajstić information content (AvgIpc) is 3.10. The average molecular weight is 349 g/mol. The first kappa shape index (κ1) is 15.5. The van der Waals surface area contributed by atoms with Gasteiger partial charge in [0, 0.05) is 45.0 Å². The van der Waals surface area contributed by atoms with Crippen LogP contribution in [0.15, 0.2) is 29.1 Å². The third-order valence-corrected chi connectivity index (χ3v) is 6.33. The second kappa shape index (κ2) is 5.82. The number of aryl methyl sites for hydroxylation is 1. The van der Waals surface area contributed by atoms with Gasteiger partial charge in [-0.2, -0.15) is 0 Å². The van der Waals surface area contributed by atoms with Crippen molar-refractivity contribution in [2.45, 2.75) is 25.6 Å². The Bertz CT molecular complexity index is 823. The summed E-state index contributed by atoms with van der Waals surface area (Å²) in [5, 5.41) is 0. The number of sulfone groups is 1. The van der Waals surface area contributed by atoms with E-state index in [1.54, 1.807) is 31.6 Å². The van der Waals surface area contributed by atoms with Gasteiger partial charge >= 0.3 is 0 Å². The Labute approximate surface area is 140 Å². The normalized spacial score (nSPS) is 26.5. The van der Waals surface area contributed by atoms with E-state index in [9.17, 15) is 8.42 Å². The summed E-state index contributed by atoms with van der Waals surface area (Å²) in [5.41, 5.74) is 0.833. The third-order valence-electron chi connectivity index (χ3n) is 4.63. The minimum atomic E-state index is -3.07. The maximum Gasteiger partial charge on any atom is 0.225 e. The molecule has 0 N–H and O–H groups in total. The molecule has 2 atom stereocenters. The molecule has 0 spiro atoms. The van der Waals surface area contributed by atoms with Gasteiger partial charge in [0.05, 0.1) is 23.2 Å². The van der Waals surface area contributed by atoms with Crippen LogP contribution in [-0.4, -0.2) is 64.9 Å². The fourth-order valence-corrected chi connectivity index (χ4v) is 5.61. The number of piperazine rings is 1. The van der Waals surface area contributed by atoms with Crippen molar-refractivity contribution >= 4 is 15.8 Å². The molecule has 128 valence electrons. The number of fused-ring (bicyclic) bond motifs is 1. The highest BCUT2D eigenvalue weighted by Crippen LogP contribution is 2.30. The summed E-state index contributed by atoms with van der Waals surface area (Å²) in [6.45, 7) is 3.83. The first-order valence-corrected chi connectivity index (χ1v) is 9.73. The topological polar surface area (TPSA) is 92.4 Å². The van der Waals surface area contributed by atoms with Crippen molar-refractivity contribution in [3.8, 4) is 0 Å². The SMILES string of the molecule is Cc1nc(CN2CCN(c3ncccn3)[C@@H]3CS(=O)(=O)C[C@@H]32)co1. The molecule has 0 bridgehead atoms. The van der Waals surface area contributed by atoms with Crippen molar-refractivity contribution < 1.29 is 12.8 Å². The van der Waals surface area contributed by atoms with Crippen LogP contribution in [0.1, 0.15) is 11.6 Å². The molecule has 2 aromatic rings. The van der Waals surface area contributed by atoms with E-state index in [4.69, 9.17) is 4.42 Å². The van der Waals surface area contributed by atoms with E-state index in [0.717, 1.165) is 12.2 Å². The molecule has 4 rings (SSSR count). The van der Waals surface area contributed by atoms with Crippen molar-refractivity contribution in [3.63, 3.8) is 0 Å². The lowest BCUT2D eigenvalue weighted by Gasteiger charge is -2.43. The molecule has 8 nitrogen and oxygen atoms in total. The molecule has 2 fully saturated rings. The summed E-state index contributed by atoms with van der Waals surface area (Å²) >= 11 is 0. The van der Waals surface area contributed by atoms with E-state index < -0.39 is 9.84 Å². The summed E-state index contributed by atoms with van der Waals surface area (Å²) in [4.78, 5) is 17.1. The summed E-state index contributed by atoms with van der Waals surface area (Å²) in [6, 6.07) is 1.55. The van der Waals surface area contributed by atoms with Gasteiger partial charge in [0.25, 0.3) is 0 Å². The van der Waals surface area contributed by atoms with Crippen LogP contribution in [0.25, 0.3) is 0 Å². The molecule has 0 aromatic carbocycles. The van der Waals surface area contributed by atoms with Gasteiger partial charge in [0.2, 0.25) is 5.95 Å². The van der Waals surface area contributed by atoms with Gasteiger partial charge in [-0.3, -0.25) is 4.90 Å². The summed E-state index contributed by atoms with van der Waals surface area (Å²) in [7, 11) is -3.07. The summed E-state index contributed by atoms with van der Waals surface area (Å²) in [5.74, 6) is 1.53. The van der Waals surface area contributed by atoms with E-state index >= 15 is 0 Å². The van der Waals surface area contributed by atoms with Crippen LogP contribution in [-0.2, 0) is 16.4 Å². The van der Waals surface area contributed by atoms with Crippen LogP contribution in [0.3, 0.4) is 0 Å². The van der Waals surface area contributed by atoms with E-state index in [0.29, 0.717) is 24.9 Å². The first-order valence-electron chi connectivity index (χ1n) is 7.91. The summed E-state index contributed by atoms with van der Waals surface area (Å²) < 4.78 is 29.8. The number of hydrogen-bond donors (Lipinski definition) is 0. The Kier molecular flexibility index (Phi) is 3.76. The largest absolute Gasteiger partial charge is 0.449 e. The molecule has 0 amide bonds. The molecule has 4 heterocycles. The van der Waals surface area contributed by atoms with Crippen molar-refractivity contribution in [1.29, 1.82) is 0 Å². The Morgan fingerprint density at radius 3 is 2.67 bits per heavy atom. The smallest absolute Gasteiger partial charge is 0.225 e. The van der Waals surface area contributed by atoms with Gasteiger partial charge < -0.3 is 9.32 Å². The Morgan fingerprint density at radius 1 is 1.21 bits per heavy atom. The van der Waals surface area contributed by atoms with Gasteiger partial charge in [-0.25, -0.2) is 23.4 Å². The molecule has 2 aliphatic rings. The number of oxazole rings is 1. The molecule has 9 heteroatoms. The van der Waals surface area contributed by atoms with E-state index in [2.05, 4.69) is 19.9 Å². The van der Waals surface area contributed by atoms with Crippen LogP contribution in [0, 0.1) is 6.92 Å². The van der Waals surface area contributed by atoms with Crippen LogP contribution >= 0.6 is 0 Å². The van der Waals surface area contributed by atoms with Crippen LogP contribution < -0.4 is 4.90 Å². The van der Waals surface area contributed by atoms with Crippen molar-refractivity contribution in [2.75, 3.05) is 29.5 Å². The lowest BCUT2D eigenvalue weighted by Crippen LogP contribution is -2.59. The van der Waals surface area contributed by atoms with E-state index in [1.807, 2.05) is 4.90 Å². The third kappa shape index (κ3) is 2.89. The Hall–Kier alpha value is -2.00. The summed E-state index contributed by atoms with van der Waals surface area (Å²) in [6.07, 6.45) is 5.01. The predicted octanol–water partition coefficient (Wildman–Crippen LogP) is 0.261. The van der Waals surface area contributed by atoms with Gasteiger partial charge in [-0.05, 0) is 6.07 Å². The van der Waals surface area contributed by atoms with Crippen LogP contribution in [0.2, 0.25) is 0 Å². The molecule has 0 unspecified atom stereocenters. The fraction of sp³-hybridized carbons (Fsp3) is 0.533. The standard InChI is InChI=1S/C15H19N5O3S/c1-11-18-12(8-23-11)7-19-5-6-20(15-16-3-2-4-17-15)14-10-24(21,22)9-13(14)19/h2-4,8,13-14H,5-7,9-10H2,1H3/t13-,14+/m0/s1. The lowest BCUT2D eigenvalue weighted by molar-refractivity contribution is 0.157. The molecule has 2 saturated heterocycles. The minimum Gasteiger partial charge on any atom is -0.449 e. The van der Waals surface area contributed by atoms with Gasteiger partial charge in [0.15, 0.2) is 15.7 Å². The first-order chi connectivity index (χ1) is 11.5. The predicted molar refractivity (Wildman–Crippen MR) is 87.3 cm³/mol.